The normalized spacial score (nSPS) is 16.2. The van der Waals surface area contributed by atoms with Gasteiger partial charge in [-0.25, -0.2) is 0 Å². The van der Waals surface area contributed by atoms with Crippen LogP contribution in [-0.4, -0.2) is 48.9 Å². The van der Waals surface area contributed by atoms with E-state index in [4.69, 9.17) is 4.42 Å². The zero-order chi connectivity index (χ0) is 14.8. The van der Waals surface area contributed by atoms with Crippen molar-refractivity contribution in [2.24, 2.45) is 0 Å². The molecule has 0 atom stereocenters. The van der Waals surface area contributed by atoms with Crippen LogP contribution in [-0.2, 0) is 0 Å². The smallest absolute Gasteiger partial charge is 0.297 e. The van der Waals surface area contributed by atoms with Crippen LogP contribution in [0, 0.1) is 0 Å². The summed E-state index contributed by atoms with van der Waals surface area (Å²) in [5.41, 5.74) is 2.48. The van der Waals surface area contributed by atoms with Crippen molar-refractivity contribution in [3.05, 3.63) is 36.1 Å². The minimum absolute atomic E-state index is 0.0693. The number of nitrogens with zero attached hydrogens (tertiary/aromatic N) is 3. The van der Waals surface area contributed by atoms with Gasteiger partial charge in [-0.2, -0.15) is 4.98 Å². The predicted octanol–water partition coefficient (Wildman–Crippen LogP) is 2.30. The topological polar surface area (TPSA) is 49.6 Å². The average molecular weight is 285 g/mol. The Balaban J connectivity index is 1.76. The van der Waals surface area contributed by atoms with E-state index in [0.29, 0.717) is 11.6 Å². The number of ketones is 1. The van der Waals surface area contributed by atoms with Crippen molar-refractivity contribution in [3.8, 4) is 11.3 Å². The van der Waals surface area contributed by atoms with Gasteiger partial charge < -0.3 is 14.2 Å². The highest BCUT2D eigenvalue weighted by molar-refractivity contribution is 5.94. The highest BCUT2D eigenvalue weighted by atomic mass is 16.4. The van der Waals surface area contributed by atoms with Gasteiger partial charge in [0.05, 0.1) is 0 Å². The van der Waals surface area contributed by atoms with Crippen molar-refractivity contribution in [2.75, 3.05) is 38.1 Å². The Bertz CT molecular complexity index is 625. The SMILES string of the molecule is CC(=O)c1ccc(-c2coc(N3CCN(C)CC3)n2)cc1. The number of anilines is 1. The number of oxazole rings is 1. The van der Waals surface area contributed by atoms with Gasteiger partial charge in [0.25, 0.3) is 6.01 Å². The molecule has 0 spiro atoms. The quantitative estimate of drug-likeness (QED) is 0.810. The third-order valence-electron chi connectivity index (χ3n) is 3.85. The molecule has 3 rings (SSSR count). The maximum absolute atomic E-state index is 11.3. The van der Waals surface area contributed by atoms with Crippen molar-refractivity contribution in [1.29, 1.82) is 0 Å². The number of carbonyl (C=O) groups excluding carboxylic acids is 1. The molecule has 0 unspecified atom stereocenters. The molecular weight excluding hydrogens is 266 g/mol. The number of piperazine rings is 1. The lowest BCUT2D eigenvalue weighted by Gasteiger charge is -2.31. The lowest BCUT2D eigenvalue weighted by atomic mass is 10.1. The summed E-state index contributed by atoms with van der Waals surface area (Å²) in [7, 11) is 2.12. The Morgan fingerprint density at radius 1 is 1.14 bits per heavy atom. The van der Waals surface area contributed by atoms with E-state index in [1.807, 2.05) is 24.3 Å². The molecule has 1 aromatic heterocycles. The highest BCUT2D eigenvalue weighted by Gasteiger charge is 2.18. The summed E-state index contributed by atoms with van der Waals surface area (Å²) in [4.78, 5) is 20.3. The van der Waals surface area contributed by atoms with Gasteiger partial charge in [0.1, 0.15) is 12.0 Å². The van der Waals surface area contributed by atoms with Crippen LogP contribution >= 0.6 is 0 Å². The van der Waals surface area contributed by atoms with Crippen molar-refractivity contribution in [2.45, 2.75) is 6.92 Å². The fraction of sp³-hybridized carbons (Fsp3) is 0.375. The Labute approximate surface area is 124 Å². The fourth-order valence-corrected chi connectivity index (χ4v) is 2.42. The van der Waals surface area contributed by atoms with Gasteiger partial charge in [-0.3, -0.25) is 4.79 Å². The summed E-state index contributed by atoms with van der Waals surface area (Å²) in [6, 6.07) is 8.13. The number of rotatable bonds is 3. The minimum Gasteiger partial charge on any atom is -0.431 e. The maximum Gasteiger partial charge on any atom is 0.297 e. The number of hydrogen-bond acceptors (Lipinski definition) is 5. The molecule has 1 aliphatic heterocycles. The minimum atomic E-state index is 0.0693. The van der Waals surface area contributed by atoms with Crippen LogP contribution in [0.2, 0.25) is 0 Å². The van der Waals surface area contributed by atoms with Gasteiger partial charge >= 0.3 is 0 Å². The van der Waals surface area contributed by atoms with Crippen LogP contribution in [0.4, 0.5) is 6.01 Å². The third kappa shape index (κ3) is 2.97. The van der Waals surface area contributed by atoms with E-state index in [2.05, 4.69) is 21.8 Å². The highest BCUT2D eigenvalue weighted by Crippen LogP contribution is 2.23. The van der Waals surface area contributed by atoms with Crippen molar-refractivity contribution in [1.82, 2.24) is 9.88 Å². The Morgan fingerprint density at radius 2 is 1.81 bits per heavy atom. The molecule has 0 bridgehead atoms. The first-order chi connectivity index (χ1) is 10.1. The molecule has 2 heterocycles. The Hall–Kier alpha value is -2.14. The van der Waals surface area contributed by atoms with Crippen LogP contribution < -0.4 is 4.90 Å². The van der Waals surface area contributed by atoms with E-state index in [9.17, 15) is 4.79 Å². The van der Waals surface area contributed by atoms with Gasteiger partial charge in [-0.1, -0.05) is 24.3 Å². The first-order valence-electron chi connectivity index (χ1n) is 7.14. The Kier molecular flexibility index (Phi) is 3.75. The molecule has 2 aromatic rings. The molecule has 21 heavy (non-hydrogen) atoms. The first kappa shape index (κ1) is 13.8. The molecule has 1 aromatic carbocycles. The van der Waals surface area contributed by atoms with Crippen LogP contribution in [0.3, 0.4) is 0 Å². The molecule has 0 amide bonds. The van der Waals surface area contributed by atoms with E-state index >= 15 is 0 Å². The molecule has 1 fully saturated rings. The van der Waals surface area contributed by atoms with E-state index in [1.54, 1.807) is 13.2 Å². The number of Topliss-reactive ketones (excluding diaryl/α,β-unsaturated/α-hetero) is 1. The van der Waals surface area contributed by atoms with Crippen LogP contribution in [0.1, 0.15) is 17.3 Å². The van der Waals surface area contributed by atoms with Gasteiger partial charge in [0.2, 0.25) is 0 Å². The number of hydrogen-bond donors (Lipinski definition) is 0. The second-order valence-corrected chi connectivity index (χ2v) is 5.44. The Morgan fingerprint density at radius 3 is 2.43 bits per heavy atom. The van der Waals surface area contributed by atoms with E-state index in [-0.39, 0.29) is 5.78 Å². The molecule has 1 aliphatic rings. The van der Waals surface area contributed by atoms with Crippen LogP contribution in [0.15, 0.2) is 34.9 Å². The number of benzene rings is 1. The fourth-order valence-electron chi connectivity index (χ4n) is 2.42. The van der Waals surface area contributed by atoms with Crippen molar-refractivity contribution in [3.63, 3.8) is 0 Å². The van der Waals surface area contributed by atoms with Crippen LogP contribution in [0.5, 0.6) is 0 Å². The van der Waals surface area contributed by atoms with Crippen molar-refractivity contribution < 1.29 is 9.21 Å². The molecule has 0 radical (unpaired) electrons. The summed E-state index contributed by atoms with van der Waals surface area (Å²) >= 11 is 0. The van der Waals surface area contributed by atoms with Crippen molar-refractivity contribution >= 4 is 11.8 Å². The molecule has 0 aliphatic carbocycles. The van der Waals surface area contributed by atoms with Gasteiger partial charge in [0.15, 0.2) is 5.78 Å². The molecule has 0 saturated carbocycles. The van der Waals surface area contributed by atoms with E-state index in [0.717, 1.165) is 37.4 Å². The second-order valence-electron chi connectivity index (χ2n) is 5.44. The molecule has 110 valence electrons. The van der Waals surface area contributed by atoms with Gasteiger partial charge in [0, 0.05) is 37.3 Å². The summed E-state index contributed by atoms with van der Waals surface area (Å²) in [5.74, 6) is 0.0693. The lowest BCUT2D eigenvalue weighted by Crippen LogP contribution is -2.44. The van der Waals surface area contributed by atoms with E-state index in [1.165, 1.54) is 0 Å². The summed E-state index contributed by atoms with van der Waals surface area (Å²) in [6.45, 7) is 5.46. The van der Waals surface area contributed by atoms with Gasteiger partial charge in [-0.05, 0) is 14.0 Å². The summed E-state index contributed by atoms with van der Waals surface area (Å²) in [6.07, 6.45) is 1.68. The monoisotopic (exact) mass is 285 g/mol. The number of aromatic nitrogens is 1. The molecular formula is C16H19N3O2. The zero-order valence-corrected chi connectivity index (χ0v) is 12.4. The van der Waals surface area contributed by atoms with E-state index < -0.39 is 0 Å². The third-order valence-corrected chi connectivity index (χ3v) is 3.85. The molecule has 1 saturated heterocycles. The first-order valence-corrected chi connectivity index (χ1v) is 7.14. The predicted molar refractivity (Wildman–Crippen MR) is 81.7 cm³/mol. The van der Waals surface area contributed by atoms with Crippen LogP contribution in [0.25, 0.3) is 11.3 Å². The maximum atomic E-state index is 11.3. The number of likely N-dealkylation sites (N-methyl/N-ethyl adjacent to an activating group) is 1. The van der Waals surface area contributed by atoms with Gasteiger partial charge in [-0.15, -0.1) is 0 Å². The average Bonchev–Trinajstić information content (AvgIpc) is 2.98. The largest absolute Gasteiger partial charge is 0.431 e. The second kappa shape index (κ2) is 5.69. The summed E-state index contributed by atoms with van der Waals surface area (Å²) < 4.78 is 5.60. The molecule has 5 heteroatoms. The summed E-state index contributed by atoms with van der Waals surface area (Å²) in [5, 5.41) is 0. The standard InChI is InChI=1S/C16H19N3O2/c1-12(20)13-3-5-14(6-4-13)15-11-21-16(17-15)19-9-7-18(2)8-10-19/h3-6,11H,7-10H2,1-2H3. The molecule has 0 N–H and O–H groups in total. The zero-order valence-electron chi connectivity index (χ0n) is 12.4. The molecule has 5 nitrogen and oxygen atoms in total. The number of carbonyl (C=O) groups is 1. The lowest BCUT2D eigenvalue weighted by molar-refractivity contribution is 0.101.